The molecule has 0 aliphatic carbocycles. The lowest BCUT2D eigenvalue weighted by molar-refractivity contribution is -0.135. The Hall–Kier alpha value is -2.84. The van der Waals surface area contributed by atoms with Crippen molar-refractivity contribution in [1.82, 2.24) is 20.1 Å². The summed E-state index contributed by atoms with van der Waals surface area (Å²) in [6.07, 6.45) is 4.64. The van der Waals surface area contributed by atoms with Gasteiger partial charge in [0.1, 0.15) is 17.0 Å². The van der Waals surface area contributed by atoms with E-state index >= 15 is 0 Å². The van der Waals surface area contributed by atoms with E-state index in [1.165, 1.54) is 6.42 Å². The van der Waals surface area contributed by atoms with Crippen LogP contribution < -0.4 is 10.6 Å². The number of amides is 2. The zero-order valence-corrected chi connectivity index (χ0v) is 22.9. The van der Waals surface area contributed by atoms with Crippen molar-refractivity contribution < 1.29 is 14.7 Å². The molecule has 38 heavy (non-hydrogen) atoms. The van der Waals surface area contributed by atoms with Crippen molar-refractivity contribution in [3.05, 3.63) is 64.3 Å². The highest BCUT2D eigenvalue weighted by atomic mass is 35.5. The normalized spacial score (nSPS) is 17.8. The number of carbonyl (C=O) groups is 2. The van der Waals surface area contributed by atoms with E-state index in [2.05, 4.69) is 15.5 Å². The summed E-state index contributed by atoms with van der Waals surface area (Å²) in [6.45, 7) is 3.23. The zero-order chi connectivity index (χ0) is 26.9. The van der Waals surface area contributed by atoms with Crippen LogP contribution in [-0.4, -0.2) is 58.1 Å². The van der Waals surface area contributed by atoms with Crippen LogP contribution in [0.3, 0.4) is 0 Å². The SMILES string of the molecule is Cn1c(C(=O)NC(=O)C2(N3CCCCC3)CCNCC2)cc(-c2ccc(Cl)cc2Cl)c1-c1ccc(O)cc1. The molecule has 0 radical (unpaired) electrons. The van der Waals surface area contributed by atoms with Crippen LogP contribution in [0.4, 0.5) is 0 Å². The van der Waals surface area contributed by atoms with Crippen molar-refractivity contribution >= 4 is 35.0 Å². The number of hydrogen-bond acceptors (Lipinski definition) is 5. The summed E-state index contributed by atoms with van der Waals surface area (Å²) in [6, 6.07) is 13.7. The minimum absolute atomic E-state index is 0.141. The maximum Gasteiger partial charge on any atom is 0.274 e. The molecule has 2 aromatic carbocycles. The number of piperidine rings is 2. The molecule has 3 aromatic rings. The third kappa shape index (κ3) is 5.08. The molecule has 0 bridgehead atoms. The van der Waals surface area contributed by atoms with E-state index in [0.717, 1.165) is 55.8 Å². The predicted octanol–water partition coefficient (Wildman–Crippen LogP) is 5.24. The van der Waals surface area contributed by atoms with Gasteiger partial charge < -0.3 is 15.0 Å². The summed E-state index contributed by atoms with van der Waals surface area (Å²) >= 11 is 12.7. The minimum Gasteiger partial charge on any atom is -0.508 e. The van der Waals surface area contributed by atoms with Crippen LogP contribution in [0, 0.1) is 0 Å². The number of aromatic nitrogens is 1. The quantitative estimate of drug-likeness (QED) is 0.375. The predicted molar refractivity (Wildman–Crippen MR) is 151 cm³/mol. The molecule has 2 fully saturated rings. The Morgan fingerprint density at radius 1 is 0.947 bits per heavy atom. The van der Waals surface area contributed by atoms with Crippen molar-refractivity contribution in [3.8, 4) is 28.1 Å². The van der Waals surface area contributed by atoms with Gasteiger partial charge in [0.25, 0.3) is 5.91 Å². The number of hydrogen-bond donors (Lipinski definition) is 3. The van der Waals surface area contributed by atoms with E-state index in [9.17, 15) is 14.7 Å². The van der Waals surface area contributed by atoms with Crippen molar-refractivity contribution in [2.75, 3.05) is 26.2 Å². The van der Waals surface area contributed by atoms with Crippen LogP contribution >= 0.6 is 23.2 Å². The van der Waals surface area contributed by atoms with Gasteiger partial charge in [-0.05, 0) is 99.9 Å². The average Bonchev–Trinajstić information content (AvgIpc) is 3.26. The van der Waals surface area contributed by atoms with Gasteiger partial charge in [0.05, 0.1) is 5.69 Å². The van der Waals surface area contributed by atoms with Crippen molar-refractivity contribution in [2.45, 2.75) is 37.6 Å². The summed E-state index contributed by atoms with van der Waals surface area (Å²) < 4.78 is 1.77. The summed E-state index contributed by atoms with van der Waals surface area (Å²) in [5, 5.41) is 16.9. The van der Waals surface area contributed by atoms with Gasteiger partial charge in [0, 0.05) is 28.2 Å². The second-order valence-electron chi connectivity index (χ2n) is 10.1. The Morgan fingerprint density at radius 2 is 1.63 bits per heavy atom. The number of rotatable bonds is 5. The first-order valence-electron chi connectivity index (χ1n) is 13.1. The van der Waals surface area contributed by atoms with Crippen LogP contribution in [0.1, 0.15) is 42.6 Å². The van der Waals surface area contributed by atoms with E-state index in [4.69, 9.17) is 23.2 Å². The maximum atomic E-state index is 13.8. The molecule has 5 rings (SSSR count). The number of nitrogens with one attached hydrogen (secondary N) is 2. The van der Waals surface area contributed by atoms with Crippen LogP contribution in [0.2, 0.25) is 10.0 Å². The van der Waals surface area contributed by atoms with Gasteiger partial charge in [-0.15, -0.1) is 0 Å². The first kappa shape index (κ1) is 26.8. The maximum absolute atomic E-state index is 13.8. The lowest BCUT2D eigenvalue weighted by Crippen LogP contribution is -2.64. The number of nitrogens with zero attached hydrogens (tertiary/aromatic N) is 2. The Balaban J connectivity index is 1.52. The van der Waals surface area contributed by atoms with Crippen LogP contribution in [0.5, 0.6) is 5.75 Å². The Morgan fingerprint density at radius 3 is 2.29 bits per heavy atom. The molecule has 2 aliphatic heterocycles. The lowest BCUT2D eigenvalue weighted by Gasteiger charge is -2.46. The highest BCUT2D eigenvalue weighted by molar-refractivity contribution is 6.36. The van der Waals surface area contributed by atoms with Gasteiger partial charge in [0.15, 0.2) is 0 Å². The van der Waals surface area contributed by atoms with Crippen LogP contribution in [-0.2, 0) is 11.8 Å². The molecule has 1 aromatic heterocycles. The van der Waals surface area contributed by atoms with E-state index in [-0.39, 0.29) is 11.7 Å². The van der Waals surface area contributed by atoms with Crippen LogP contribution in [0.25, 0.3) is 22.4 Å². The molecule has 9 heteroatoms. The average molecular weight is 556 g/mol. The molecule has 3 N–H and O–H groups in total. The molecule has 2 saturated heterocycles. The Kier molecular flexibility index (Phi) is 7.82. The number of carbonyl (C=O) groups excluding carboxylic acids is 2. The fourth-order valence-electron chi connectivity index (χ4n) is 5.84. The molecule has 0 atom stereocenters. The molecule has 0 spiro atoms. The van der Waals surface area contributed by atoms with Crippen LogP contribution in [0.15, 0.2) is 48.5 Å². The summed E-state index contributed by atoms with van der Waals surface area (Å²) in [5.74, 6) is -0.546. The number of imide groups is 1. The van der Waals surface area contributed by atoms with E-state index in [0.29, 0.717) is 34.1 Å². The third-order valence-corrected chi connectivity index (χ3v) is 8.42. The fourth-order valence-corrected chi connectivity index (χ4v) is 6.35. The number of halogens is 2. The van der Waals surface area contributed by atoms with Gasteiger partial charge in [-0.2, -0.15) is 0 Å². The number of benzene rings is 2. The van der Waals surface area contributed by atoms with Gasteiger partial charge in [-0.1, -0.05) is 35.7 Å². The molecule has 7 nitrogen and oxygen atoms in total. The van der Waals surface area contributed by atoms with Gasteiger partial charge in [0.2, 0.25) is 5.91 Å². The number of likely N-dealkylation sites (tertiary alicyclic amines) is 1. The number of aromatic hydroxyl groups is 1. The summed E-state index contributed by atoms with van der Waals surface area (Å²) in [5.41, 5.74) is 2.62. The molecule has 2 aliphatic rings. The third-order valence-electron chi connectivity index (χ3n) is 7.87. The molecular formula is C29H32Cl2N4O3. The second-order valence-corrected chi connectivity index (χ2v) is 11.0. The van der Waals surface area contributed by atoms with Gasteiger partial charge in [-0.3, -0.25) is 19.8 Å². The largest absolute Gasteiger partial charge is 0.508 e. The topological polar surface area (TPSA) is 86.6 Å². The summed E-state index contributed by atoms with van der Waals surface area (Å²) in [7, 11) is 1.79. The lowest BCUT2D eigenvalue weighted by atomic mass is 9.83. The highest BCUT2D eigenvalue weighted by Crippen LogP contribution is 2.39. The standard InChI is InChI=1S/C29H32Cl2N4O3/c1-34-25(27(37)33-28(38)29(11-13-32-14-12-29)35-15-3-2-4-16-35)18-23(22-10-7-20(30)17-24(22)31)26(34)19-5-8-21(36)9-6-19/h5-10,17-18,32,36H,2-4,11-16H2,1H3,(H,33,37,38). The Bertz CT molecular complexity index is 1340. The first-order valence-corrected chi connectivity index (χ1v) is 13.8. The monoisotopic (exact) mass is 554 g/mol. The second kappa shape index (κ2) is 11.1. The van der Waals surface area contributed by atoms with Gasteiger partial charge >= 0.3 is 0 Å². The first-order chi connectivity index (χ1) is 18.3. The number of phenols is 1. The molecule has 3 heterocycles. The zero-order valence-electron chi connectivity index (χ0n) is 21.4. The van der Waals surface area contributed by atoms with Crippen molar-refractivity contribution in [3.63, 3.8) is 0 Å². The fraction of sp³-hybridized carbons (Fsp3) is 0.379. The molecular weight excluding hydrogens is 523 g/mol. The van der Waals surface area contributed by atoms with E-state index in [1.54, 1.807) is 54.1 Å². The smallest absolute Gasteiger partial charge is 0.274 e. The van der Waals surface area contributed by atoms with E-state index < -0.39 is 11.4 Å². The Labute approximate surface area is 232 Å². The van der Waals surface area contributed by atoms with Gasteiger partial charge in [-0.25, -0.2) is 0 Å². The minimum atomic E-state index is -0.686. The molecule has 0 saturated carbocycles. The van der Waals surface area contributed by atoms with Crippen molar-refractivity contribution in [2.24, 2.45) is 7.05 Å². The molecule has 200 valence electrons. The molecule has 2 amide bonds. The molecule has 0 unspecified atom stereocenters. The number of phenolic OH excluding ortho intramolecular Hbond substituents is 1. The summed E-state index contributed by atoms with van der Waals surface area (Å²) in [4.78, 5) is 29.8. The van der Waals surface area contributed by atoms with Crippen molar-refractivity contribution in [1.29, 1.82) is 0 Å². The highest BCUT2D eigenvalue weighted by Gasteiger charge is 2.45. The van der Waals surface area contributed by atoms with E-state index in [1.807, 2.05) is 6.07 Å².